The summed E-state index contributed by atoms with van der Waals surface area (Å²) in [5, 5.41) is 14.9. The summed E-state index contributed by atoms with van der Waals surface area (Å²) in [5.74, 6) is -2.83. The third-order valence-electron chi connectivity index (χ3n) is 6.02. The molecule has 0 saturated carbocycles. The third-order valence-corrected chi connectivity index (χ3v) is 6.26. The van der Waals surface area contributed by atoms with Crippen LogP contribution in [-0.2, 0) is 9.59 Å². The quantitative estimate of drug-likeness (QED) is 0.726. The van der Waals surface area contributed by atoms with Crippen LogP contribution < -0.4 is 20.2 Å². The highest BCUT2D eigenvalue weighted by Gasteiger charge is 2.29. The van der Waals surface area contributed by atoms with Crippen LogP contribution in [0.3, 0.4) is 0 Å². The second kappa shape index (κ2) is 9.43. The Morgan fingerprint density at radius 2 is 1.48 bits per heavy atom. The smallest absolute Gasteiger partial charge is 0.228 e. The Kier molecular flexibility index (Phi) is 6.47. The standard InChI is InChI=1S/C24H26ClN3O3/c25-17-4-3-5-20(16-17)28-14-12-27(13-15-28)19-10-8-18(9-11-19)26-23(29)21-6-1-2-7-22(21)24(30)31/h1-5,8-11,16,21-22H,6-7,12-15H2,(H,26,29)(H,30,31)/p-1/t21-,22-/m1/s1. The number of carbonyl (C=O) groups is 2. The fourth-order valence-corrected chi connectivity index (χ4v) is 4.44. The van der Waals surface area contributed by atoms with Gasteiger partial charge in [-0.05, 0) is 55.3 Å². The first-order chi connectivity index (χ1) is 15.0. The number of aliphatic carboxylic acids is 1. The molecule has 1 aliphatic carbocycles. The molecule has 7 heteroatoms. The highest BCUT2D eigenvalue weighted by atomic mass is 35.5. The van der Waals surface area contributed by atoms with Gasteiger partial charge in [0.25, 0.3) is 0 Å². The number of carboxylic acids is 1. The number of allylic oxidation sites excluding steroid dienone is 2. The summed E-state index contributed by atoms with van der Waals surface area (Å²) in [4.78, 5) is 28.6. The van der Waals surface area contributed by atoms with E-state index in [-0.39, 0.29) is 5.91 Å². The maximum atomic E-state index is 12.6. The van der Waals surface area contributed by atoms with Crippen molar-refractivity contribution >= 4 is 40.5 Å². The van der Waals surface area contributed by atoms with Gasteiger partial charge in [-0.25, -0.2) is 0 Å². The summed E-state index contributed by atoms with van der Waals surface area (Å²) in [6, 6.07) is 15.6. The van der Waals surface area contributed by atoms with Gasteiger partial charge in [-0.1, -0.05) is 29.8 Å². The Bertz CT molecular complexity index is 968. The summed E-state index contributed by atoms with van der Waals surface area (Å²) in [5.41, 5.74) is 2.90. The highest BCUT2D eigenvalue weighted by molar-refractivity contribution is 6.30. The molecule has 1 heterocycles. The van der Waals surface area contributed by atoms with Gasteiger partial charge >= 0.3 is 0 Å². The summed E-state index contributed by atoms with van der Waals surface area (Å²) in [6.45, 7) is 3.58. The number of piperazine rings is 1. The number of halogens is 1. The fourth-order valence-electron chi connectivity index (χ4n) is 4.25. The molecule has 1 fully saturated rings. The molecular formula is C24H25ClN3O3-. The minimum atomic E-state index is -1.17. The van der Waals surface area contributed by atoms with Crippen LogP contribution in [0.25, 0.3) is 0 Å². The number of nitrogens with one attached hydrogen (secondary N) is 1. The molecule has 1 N–H and O–H groups in total. The lowest BCUT2D eigenvalue weighted by Crippen LogP contribution is -2.46. The summed E-state index contributed by atoms with van der Waals surface area (Å²) >= 11 is 6.11. The van der Waals surface area contributed by atoms with Crippen LogP contribution in [0.2, 0.25) is 5.02 Å². The second-order valence-electron chi connectivity index (χ2n) is 7.96. The van der Waals surface area contributed by atoms with Crippen LogP contribution >= 0.6 is 11.6 Å². The Morgan fingerprint density at radius 3 is 2.10 bits per heavy atom. The van der Waals surface area contributed by atoms with Crippen LogP contribution in [0.5, 0.6) is 0 Å². The third kappa shape index (κ3) is 5.02. The molecule has 0 bridgehead atoms. The molecular weight excluding hydrogens is 414 g/mol. The zero-order valence-corrected chi connectivity index (χ0v) is 17.9. The molecule has 1 amide bonds. The van der Waals surface area contributed by atoms with E-state index in [1.165, 1.54) is 0 Å². The van der Waals surface area contributed by atoms with Gasteiger partial charge in [-0.2, -0.15) is 0 Å². The molecule has 4 rings (SSSR count). The van der Waals surface area contributed by atoms with Crippen molar-refractivity contribution in [1.82, 2.24) is 0 Å². The van der Waals surface area contributed by atoms with Gasteiger partial charge in [0.15, 0.2) is 0 Å². The van der Waals surface area contributed by atoms with E-state index in [1.54, 1.807) is 6.08 Å². The van der Waals surface area contributed by atoms with E-state index in [2.05, 4.69) is 21.2 Å². The van der Waals surface area contributed by atoms with Gasteiger partial charge < -0.3 is 25.0 Å². The molecule has 0 radical (unpaired) electrons. The lowest BCUT2D eigenvalue weighted by molar-refractivity contribution is -0.313. The van der Waals surface area contributed by atoms with Crippen LogP contribution in [0.4, 0.5) is 17.1 Å². The Balaban J connectivity index is 1.34. The second-order valence-corrected chi connectivity index (χ2v) is 8.40. The van der Waals surface area contributed by atoms with Crippen LogP contribution in [-0.4, -0.2) is 38.1 Å². The normalized spacial score (nSPS) is 21.1. The van der Waals surface area contributed by atoms with Gasteiger partial charge in [0.05, 0.1) is 5.92 Å². The predicted octanol–water partition coefficient (Wildman–Crippen LogP) is 2.94. The summed E-state index contributed by atoms with van der Waals surface area (Å²) in [7, 11) is 0. The molecule has 31 heavy (non-hydrogen) atoms. The van der Waals surface area contributed by atoms with Gasteiger partial charge in [0, 0.05) is 60.2 Å². The average molecular weight is 439 g/mol. The van der Waals surface area contributed by atoms with Crippen molar-refractivity contribution < 1.29 is 14.7 Å². The van der Waals surface area contributed by atoms with E-state index in [0.29, 0.717) is 18.5 Å². The number of rotatable bonds is 5. The van der Waals surface area contributed by atoms with Crippen LogP contribution in [0.15, 0.2) is 60.7 Å². The van der Waals surface area contributed by atoms with E-state index in [0.717, 1.165) is 42.6 Å². The number of nitrogens with zero attached hydrogens (tertiary/aromatic N) is 2. The first kappa shape index (κ1) is 21.2. The van der Waals surface area contributed by atoms with Crippen molar-refractivity contribution in [3.05, 3.63) is 65.7 Å². The van der Waals surface area contributed by atoms with Crippen LogP contribution in [0, 0.1) is 11.8 Å². The molecule has 2 atom stereocenters. The highest BCUT2D eigenvalue weighted by Crippen LogP contribution is 2.28. The molecule has 0 unspecified atom stereocenters. The Hall–Kier alpha value is -2.99. The molecule has 0 spiro atoms. The lowest BCUT2D eigenvalue weighted by atomic mass is 9.82. The largest absolute Gasteiger partial charge is 0.550 e. The van der Waals surface area contributed by atoms with E-state index in [4.69, 9.17) is 11.6 Å². The average Bonchev–Trinajstić information content (AvgIpc) is 2.79. The van der Waals surface area contributed by atoms with Crippen LogP contribution in [0.1, 0.15) is 12.8 Å². The lowest BCUT2D eigenvalue weighted by Gasteiger charge is -2.37. The Labute approximate surface area is 187 Å². The summed E-state index contributed by atoms with van der Waals surface area (Å²) < 4.78 is 0. The predicted molar refractivity (Wildman–Crippen MR) is 121 cm³/mol. The molecule has 0 aromatic heterocycles. The molecule has 2 aromatic rings. The SMILES string of the molecule is O=C([O-])[C@@H]1CC=CC[C@H]1C(=O)Nc1ccc(N2CCN(c3cccc(Cl)c3)CC2)cc1. The first-order valence-corrected chi connectivity index (χ1v) is 10.9. The van der Waals surface area contributed by atoms with E-state index >= 15 is 0 Å². The molecule has 2 aliphatic rings. The number of hydrogen-bond acceptors (Lipinski definition) is 5. The number of carboxylic acid groups (broad SMARTS) is 1. The molecule has 1 saturated heterocycles. The zero-order valence-electron chi connectivity index (χ0n) is 17.2. The van der Waals surface area contributed by atoms with Crippen molar-refractivity contribution in [2.45, 2.75) is 12.8 Å². The molecule has 2 aromatic carbocycles. The topological polar surface area (TPSA) is 75.7 Å². The van der Waals surface area contributed by atoms with Crippen molar-refractivity contribution in [3.8, 4) is 0 Å². The van der Waals surface area contributed by atoms with E-state index in [9.17, 15) is 14.7 Å². The molecule has 6 nitrogen and oxygen atoms in total. The Morgan fingerprint density at radius 1 is 0.871 bits per heavy atom. The minimum Gasteiger partial charge on any atom is -0.550 e. The number of amides is 1. The van der Waals surface area contributed by atoms with Gasteiger partial charge in [-0.3, -0.25) is 4.79 Å². The minimum absolute atomic E-state index is 0.276. The van der Waals surface area contributed by atoms with Crippen molar-refractivity contribution in [2.24, 2.45) is 11.8 Å². The monoisotopic (exact) mass is 438 g/mol. The fraction of sp³-hybridized carbons (Fsp3) is 0.333. The molecule has 162 valence electrons. The van der Waals surface area contributed by atoms with E-state index < -0.39 is 17.8 Å². The van der Waals surface area contributed by atoms with Crippen molar-refractivity contribution in [1.29, 1.82) is 0 Å². The van der Waals surface area contributed by atoms with E-state index in [1.807, 2.05) is 48.5 Å². The number of anilines is 3. The van der Waals surface area contributed by atoms with Gasteiger partial charge in [0.2, 0.25) is 5.91 Å². The van der Waals surface area contributed by atoms with Gasteiger partial charge in [0.1, 0.15) is 0 Å². The first-order valence-electron chi connectivity index (χ1n) is 10.5. The number of hydrogen-bond donors (Lipinski definition) is 1. The van der Waals surface area contributed by atoms with Crippen molar-refractivity contribution in [2.75, 3.05) is 41.3 Å². The number of carbonyl (C=O) groups excluding carboxylic acids is 2. The number of benzene rings is 2. The van der Waals surface area contributed by atoms with Gasteiger partial charge in [-0.15, -0.1) is 0 Å². The summed E-state index contributed by atoms with van der Waals surface area (Å²) in [6.07, 6.45) is 4.40. The maximum Gasteiger partial charge on any atom is 0.228 e. The molecule has 1 aliphatic heterocycles. The van der Waals surface area contributed by atoms with Crippen molar-refractivity contribution in [3.63, 3.8) is 0 Å². The zero-order chi connectivity index (χ0) is 21.8. The maximum absolute atomic E-state index is 12.6.